The quantitative estimate of drug-likeness (QED) is 0.818. The fraction of sp³-hybridized carbons (Fsp3) is 0.562. The number of benzene rings is 1. The smallest absolute Gasteiger partial charge is 0.223 e. The van der Waals surface area contributed by atoms with Crippen LogP contribution in [0.4, 0.5) is 0 Å². The van der Waals surface area contributed by atoms with Gasteiger partial charge in [-0.15, -0.1) is 0 Å². The normalized spacial score (nSPS) is 10.8. The molecule has 0 saturated heterocycles. The van der Waals surface area contributed by atoms with Crippen molar-refractivity contribution in [2.45, 2.75) is 32.6 Å². The van der Waals surface area contributed by atoms with Crippen molar-refractivity contribution in [2.75, 3.05) is 27.2 Å². The minimum atomic E-state index is 0.202. The molecule has 0 spiro atoms. The summed E-state index contributed by atoms with van der Waals surface area (Å²) in [5.41, 5.74) is 2.65. The van der Waals surface area contributed by atoms with E-state index in [1.54, 1.807) is 0 Å². The van der Waals surface area contributed by atoms with E-state index in [0.717, 1.165) is 19.5 Å². The third kappa shape index (κ3) is 5.43. The maximum atomic E-state index is 11.8. The number of nitrogens with zero attached hydrogens (tertiary/aromatic N) is 1. The lowest BCUT2D eigenvalue weighted by Gasteiger charge is -2.17. The third-order valence-electron chi connectivity index (χ3n) is 3.40. The van der Waals surface area contributed by atoms with E-state index in [9.17, 15) is 4.79 Å². The van der Waals surface area contributed by atoms with Crippen LogP contribution in [0, 0.1) is 0 Å². The van der Waals surface area contributed by atoms with Gasteiger partial charge < -0.3 is 10.2 Å². The first-order chi connectivity index (χ1) is 9.04. The van der Waals surface area contributed by atoms with Crippen molar-refractivity contribution in [3.63, 3.8) is 0 Å². The molecular weight excluding hydrogens is 236 g/mol. The first kappa shape index (κ1) is 15.7. The Morgan fingerprint density at radius 2 is 1.89 bits per heavy atom. The average Bonchev–Trinajstić information content (AvgIpc) is 2.42. The molecule has 0 aliphatic rings. The maximum absolute atomic E-state index is 11.8. The summed E-state index contributed by atoms with van der Waals surface area (Å²) in [4.78, 5) is 13.6. The molecule has 0 fully saturated rings. The molecule has 0 bridgehead atoms. The zero-order chi connectivity index (χ0) is 14.3. The van der Waals surface area contributed by atoms with E-state index in [1.165, 1.54) is 11.1 Å². The van der Waals surface area contributed by atoms with Crippen molar-refractivity contribution < 1.29 is 4.79 Å². The molecule has 0 saturated carbocycles. The van der Waals surface area contributed by atoms with Crippen LogP contribution in [0.5, 0.6) is 0 Å². The molecule has 106 valence electrons. The Morgan fingerprint density at radius 1 is 1.26 bits per heavy atom. The van der Waals surface area contributed by atoms with Gasteiger partial charge in [0.2, 0.25) is 5.91 Å². The zero-order valence-corrected chi connectivity index (χ0v) is 12.6. The fourth-order valence-corrected chi connectivity index (χ4v) is 1.91. The van der Waals surface area contributed by atoms with Crippen molar-refractivity contribution in [1.82, 2.24) is 10.2 Å². The van der Waals surface area contributed by atoms with Gasteiger partial charge in [-0.05, 0) is 30.5 Å². The van der Waals surface area contributed by atoms with Gasteiger partial charge in [-0.25, -0.2) is 0 Å². The monoisotopic (exact) mass is 262 g/mol. The minimum Gasteiger partial charge on any atom is -0.345 e. The van der Waals surface area contributed by atoms with Gasteiger partial charge in [0, 0.05) is 26.6 Å². The highest BCUT2D eigenvalue weighted by atomic mass is 16.2. The molecule has 1 rings (SSSR count). The van der Waals surface area contributed by atoms with Gasteiger partial charge >= 0.3 is 0 Å². The Labute approximate surface area is 117 Å². The topological polar surface area (TPSA) is 32.3 Å². The van der Waals surface area contributed by atoms with Crippen LogP contribution in [0.2, 0.25) is 0 Å². The lowest BCUT2D eigenvalue weighted by atomic mass is 10.0. The Bertz CT molecular complexity index is 384. The molecule has 0 aromatic heterocycles. The summed E-state index contributed by atoms with van der Waals surface area (Å²) < 4.78 is 0. The molecule has 19 heavy (non-hydrogen) atoms. The van der Waals surface area contributed by atoms with E-state index in [2.05, 4.69) is 43.4 Å². The Morgan fingerprint density at radius 3 is 2.42 bits per heavy atom. The summed E-state index contributed by atoms with van der Waals surface area (Å²) in [6.45, 7) is 5.92. The van der Waals surface area contributed by atoms with Gasteiger partial charge in [0.15, 0.2) is 0 Å². The van der Waals surface area contributed by atoms with Gasteiger partial charge in [-0.2, -0.15) is 0 Å². The molecule has 1 aromatic carbocycles. The van der Waals surface area contributed by atoms with E-state index in [1.807, 2.05) is 19.0 Å². The molecule has 3 heteroatoms. The summed E-state index contributed by atoms with van der Waals surface area (Å²) in [6, 6.07) is 8.70. The Hall–Kier alpha value is -1.35. The second-order valence-electron chi connectivity index (χ2n) is 5.32. The van der Waals surface area contributed by atoms with Gasteiger partial charge in [-0.1, -0.05) is 38.1 Å². The number of rotatable bonds is 7. The van der Waals surface area contributed by atoms with Crippen LogP contribution in [0.15, 0.2) is 24.3 Å². The van der Waals surface area contributed by atoms with Gasteiger partial charge in [-0.3, -0.25) is 4.79 Å². The van der Waals surface area contributed by atoms with Crippen molar-refractivity contribution in [1.29, 1.82) is 0 Å². The standard InChI is InChI=1S/C16H26N2O/c1-13(2)15-7-5-14(6-8-15)10-12-18(4)16(19)9-11-17-3/h5-8,13,17H,9-12H2,1-4H3. The second kappa shape index (κ2) is 7.95. The lowest BCUT2D eigenvalue weighted by molar-refractivity contribution is -0.129. The third-order valence-corrected chi connectivity index (χ3v) is 3.40. The zero-order valence-electron chi connectivity index (χ0n) is 12.6. The Kier molecular flexibility index (Phi) is 6.57. The summed E-state index contributed by atoms with van der Waals surface area (Å²) in [7, 11) is 3.74. The molecule has 0 heterocycles. The van der Waals surface area contributed by atoms with Crippen LogP contribution < -0.4 is 5.32 Å². The van der Waals surface area contributed by atoms with Crippen molar-refractivity contribution in [2.24, 2.45) is 0 Å². The summed E-state index contributed by atoms with van der Waals surface area (Å²) in [5.74, 6) is 0.771. The highest BCUT2D eigenvalue weighted by Crippen LogP contribution is 2.15. The van der Waals surface area contributed by atoms with Crippen LogP contribution in [0.1, 0.15) is 37.3 Å². The van der Waals surface area contributed by atoms with Crippen molar-refractivity contribution in [3.8, 4) is 0 Å². The van der Waals surface area contributed by atoms with E-state index < -0.39 is 0 Å². The number of amides is 1. The predicted molar refractivity (Wildman–Crippen MR) is 80.4 cm³/mol. The van der Waals surface area contributed by atoms with Crippen LogP contribution in [0.3, 0.4) is 0 Å². The summed E-state index contributed by atoms with van der Waals surface area (Å²) in [6.07, 6.45) is 1.49. The molecule has 3 nitrogen and oxygen atoms in total. The maximum Gasteiger partial charge on any atom is 0.223 e. The number of hydrogen-bond acceptors (Lipinski definition) is 2. The lowest BCUT2D eigenvalue weighted by Crippen LogP contribution is -2.30. The summed E-state index contributed by atoms with van der Waals surface area (Å²) >= 11 is 0. The van der Waals surface area contributed by atoms with E-state index in [0.29, 0.717) is 12.3 Å². The number of carbonyl (C=O) groups excluding carboxylic acids is 1. The molecule has 0 radical (unpaired) electrons. The van der Waals surface area contributed by atoms with Gasteiger partial charge in [0.25, 0.3) is 0 Å². The van der Waals surface area contributed by atoms with Gasteiger partial charge in [0.05, 0.1) is 0 Å². The highest BCUT2D eigenvalue weighted by molar-refractivity contribution is 5.76. The molecule has 1 N–H and O–H groups in total. The minimum absolute atomic E-state index is 0.202. The molecule has 0 aliphatic heterocycles. The molecule has 0 atom stereocenters. The highest BCUT2D eigenvalue weighted by Gasteiger charge is 2.07. The SMILES string of the molecule is CNCCC(=O)N(C)CCc1ccc(C(C)C)cc1. The van der Waals surface area contributed by atoms with Crippen LogP contribution >= 0.6 is 0 Å². The second-order valence-corrected chi connectivity index (χ2v) is 5.32. The van der Waals surface area contributed by atoms with Crippen molar-refractivity contribution >= 4 is 5.91 Å². The van der Waals surface area contributed by atoms with Crippen molar-refractivity contribution in [3.05, 3.63) is 35.4 Å². The number of nitrogens with one attached hydrogen (secondary N) is 1. The first-order valence-corrected chi connectivity index (χ1v) is 7.02. The van der Waals surface area contributed by atoms with Crippen LogP contribution in [-0.4, -0.2) is 38.0 Å². The van der Waals surface area contributed by atoms with Crippen LogP contribution in [0.25, 0.3) is 0 Å². The number of hydrogen-bond donors (Lipinski definition) is 1. The van der Waals surface area contributed by atoms with E-state index in [4.69, 9.17) is 0 Å². The largest absolute Gasteiger partial charge is 0.345 e. The molecular formula is C16H26N2O. The van der Waals surface area contributed by atoms with E-state index in [-0.39, 0.29) is 5.91 Å². The average molecular weight is 262 g/mol. The molecule has 0 unspecified atom stereocenters. The molecule has 0 aliphatic carbocycles. The molecule has 1 aromatic rings. The van der Waals surface area contributed by atoms with Gasteiger partial charge in [0.1, 0.15) is 0 Å². The fourth-order valence-electron chi connectivity index (χ4n) is 1.91. The summed E-state index contributed by atoms with van der Waals surface area (Å²) in [5, 5.41) is 3.00. The first-order valence-electron chi connectivity index (χ1n) is 7.02. The van der Waals surface area contributed by atoms with E-state index >= 15 is 0 Å². The molecule has 1 amide bonds. The number of likely N-dealkylation sites (N-methyl/N-ethyl adjacent to an activating group) is 1. The van der Waals surface area contributed by atoms with Crippen LogP contribution in [-0.2, 0) is 11.2 Å². The number of carbonyl (C=O) groups is 1. The Balaban J connectivity index is 2.41. The predicted octanol–water partition coefficient (Wildman–Crippen LogP) is 2.42.